The lowest BCUT2D eigenvalue weighted by Gasteiger charge is -2.23. The Morgan fingerprint density at radius 2 is 1.72 bits per heavy atom. The molecule has 0 bridgehead atoms. The summed E-state index contributed by atoms with van der Waals surface area (Å²) in [4.78, 5) is 17.5. The van der Waals surface area contributed by atoms with Crippen LogP contribution in [0.2, 0.25) is 0 Å². The largest absolute Gasteiger partial charge is 0.326 e. The molecule has 1 N–H and O–H groups in total. The number of hydrogen-bond donors (Lipinski definition) is 1. The Labute approximate surface area is 216 Å². The molecule has 0 fully saturated rings. The molecule has 0 aliphatic heterocycles. The van der Waals surface area contributed by atoms with E-state index in [4.69, 9.17) is 10.1 Å². The molecule has 0 atom stereocenters. The first-order valence-corrected chi connectivity index (χ1v) is 12.8. The molecule has 0 aliphatic carbocycles. The van der Waals surface area contributed by atoms with Crippen LogP contribution in [-0.2, 0) is 16.8 Å². The van der Waals surface area contributed by atoms with Crippen molar-refractivity contribution in [1.82, 2.24) is 19.3 Å². The number of nitrogens with one attached hydrogen (secondary N) is 1. The number of carbonyl (C=O) groups is 1. The number of aromatic nitrogens is 4. The summed E-state index contributed by atoms with van der Waals surface area (Å²) in [5, 5.41) is 10.5. The number of rotatable bonds is 6. The van der Waals surface area contributed by atoms with Gasteiger partial charge in [-0.15, -0.1) is 11.3 Å². The Morgan fingerprint density at radius 1 is 1.03 bits per heavy atom. The molecule has 0 unspecified atom stereocenters. The minimum atomic E-state index is -0.185. The zero-order chi connectivity index (χ0) is 25.3. The molecular weight excluding hydrogens is 466 g/mol. The van der Waals surface area contributed by atoms with Crippen LogP contribution < -0.4 is 5.32 Å². The Kier molecular flexibility index (Phi) is 6.33. The van der Waals surface area contributed by atoms with Crippen molar-refractivity contribution in [3.63, 3.8) is 0 Å². The third kappa shape index (κ3) is 5.02. The Hall–Kier alpha value is -3.97. The Balaban J connectivity index is 0.00000320. The summed E-state index contributed by atoms with van der Waals surface area (Å²) in [6.45, 7) is 8.51. The van der Waals surface area contributed by atoms with Crippen molar-refractivity contribution in [3.05, 3.63) is 95.9 Å². The number of benzene rings is 2. The molecule has 0 spiro atoms. The fraction of sp³-hybridized carbons (Fsp3) is 0.207. The van der Waals surface area contributed by atoms with Crippen LogP contribution in [0.3, 0.4) is 0 Å². The van der Waals surface area contributed by atoms with E-state index in [2.05, 4.69) is 62.0 Å². The maximum atomic E-state index is 12.7. The molecule has 36 heavy (non-hydrogen) atoms. The van der Waals surface area contributed by atoms with Crippen molar-refractivity contribution in [2.24, 2.45) is 0 Å². The van der Waals surface area contributed by atoms with Gasteiger partial charge in [-0.1, -0.05) is 29.8 Å². The number of hydrogen-bond acceptors (Lipinski definition) is 4. The highest BCUT2D eigenvalue weighted by Crippen LogP contribution is 2.36. The van der Waals surface area contributed by atoms with Crippen molar-refractivity contribution >= 4 is 22.9 Å². The van der Waals surface area contributed by atoms with Gasteiger partial charge in [0.05, 0.1) is 35.1 Å². The van der Waals surface area contributed by atoms with Crippen molar-refractivity contribution < 1.29 is 6.22 Å². The minimum absolute atomic E-state index is 0. The molecule has 0 saturated heterocycles. The number of anilines is 1. The average Bonchev–Trinajstić information content (AvgIpc) is 3.60. The van der Waals surface area contributed by atoms with E-state index in [9.17, 15) is 4.79 Å². The maximum absolute atomic E-state index is 12.7. The molecule has 2 aromatic carbocycles. The van der Waals surface area contributed by atoms with Crippen LogP contribution in [0.25, 0.3) is 27.5 Å². The van der Waals surface area contributed by atoms with Gasteiger partial charge in [0.1, 0.15) is 5.01 Å². The second kappa shape index (κ2) is 9.59. The molecule has 0 radical (unpaired) electrons. The SMILES string of the molecule is Cc1ccc(-c2c(-c3nc(CC(=O)Nc4ccc(-n5cccc5)cc4)cs3)cnn2C(C)(C)C)cc1.[HH]. The van der Waals surface area contributed by atoms with E-state index in [-0.39, 0.29) is 19.3 Å². The van der Waals surface area contributed by atoms with Gasteiger partial charge in [0.2, 0.25) is 5.91 Å². The van der Waals surface area contributed by atoms with Crippen LogP contribution in [0, 0.1) is 6.92 Å². The zero-order valence-corrected chi connectivity index (χ0v) is 21.7. The highest BCUT2D eigenvalue weighted by atomic mass is 32.1. The van der Waals surface area contributed by atoms with Crippen molar-refractivity contribution in [2.75, 3.05) is 5.32 Å². The summed E-state index contributed by atoms with van der Waals surface area (Å²) in [7, 11) is 0. The number of thiazole rings is 1. The van der Waals surface area contributed by atoms with E-state index in [0.717, 1.165) is 38.9 Å². The van der Waals surface area contributed by atoms with Crippen LogP contribution >= 0.6 is 11.3 Å². The van der Waals surface area contributed by atoms with E-state index < -0.39 is 0 Å². The van der Waals surface area contributed by atoms with Crippen molar-refractivity contribution in [3.8, 4) is 27.5 Å². The van der Waals surface area contributed by atoms with Gasteiger partial charge in [0.15, 0.2) is 0 Å². The number of nitrogens with zero attached hydrogens (tertiary/aromatic N) is 4. The van der Waals surface area contributed by atoms with Gasteiger partial charge >= 0.3 is 0 Å². The maximum Gasteiger partial charge on any atom is 0.230 e. The molecule has 6 nitrogen and oxygen atoms in total. The van der Waals surface area contributed by atoms with Crippen LogP contribution in [0.5, 0.6) is 0 Å². The number of aryl methyl sites for hydroxylation is 1. The lowest BCUT2D eigenvalue weighted by atomic mass is 10.0. The standard InChI is InChI=1S/C29H29N5OS.H2/c1-20-7-9-21(10-8-20)27-25(18-30-34(27)29(2,3)4)28-32-23(19-36-28)17-26(35)31-22-11-13-24(14-12-22)33-15-5-6-16-33;/h5-16,18-19H,17H2,1-4H3,(H,31,35);1H. The quantitative estimate of drug-likeness (QED) is 0.276. The molecule has 7 heteroatoms. The summed E-state index contributed by atoms with van der Waals surface area (Å²) in [5.41, 5.74) is 6.69. The first-order chi connectivity index (χ1) is 17.3. The van der Waals surface area contributed by atoms with Crippen LogP contribution in [0.1, 0.15) is 33.5 Å². The predicted octanol–water partition coefficient (Wildman–Crippen LogP) is 6.95. The fourth-order valence-corrected chi connectivity index (χ4v) is 4.94. The molecular formula is C29H31N5OS. The average molecular weight is 498 g/mol. The van der Waals surface area contributed by atoms with Gasteiger partial charge < -0.3 is 9.88 Å². The smallest absolute Gasteiger partial charge is 0.230 e. The summed E-state index contributed by atoms with van der Waals surface area (Å²) < 4.78 is 4.08. The number of amides is 1. The lowest BCUT2D eigenvalue weighted by Crippen LogP contribution is -2.24. The first-order valence-electron chi connectivity index (χ1n) is 11.9. The Morgan fingerprint density at radius 3 is 2.39 bits per heavy atom. The minimum Gasteiger partial charge on any atom is -0.326 e. The van der Waals surface area contributed by atoms with Gasteiger partial charge in [0, 0.05) is 36.1 Å². The first kappa shape index (κ1) is 23.8. The third-order valence-corrected chi connectivity index (χ3v) is 6.83. The third-order valence-electron chi connectivity index (χ3n) is 5.91. The normalized spacial score (nSPS) is 11.6. The predicted molar refractivity (Wildman–Crippen MR) is 149 cm³/mol. The van der Waals surface area contributed by atoms with Gasteiger partial charge in [-0.3, -0.25) is 9.48 Å². The summed E-state index contributed by atoms with van der Waals surface area (Å²) in [6.07, 6.45) is 6.07. The van der Waals surface area contributed by atoms with Gasteiger partial charge in [-0.25, -0.2) is 4.98 Å². The molecule has 184 valence electrons. The lowest BCUT2D eigenvalue weighted by molar-refractivity contribution is -0.115. The van der Waals surface area contributed by atoms with E-state index in [1.165, 1.54) is 5.56 Å². The summed E-state index contributed by atoms with van der Waals surface area (Å²) >= 11 is 1.54. The topological polar surface area (TPSA) is 64.7 Å². The van der Waals surface area contributed by atoms with Gasteiger partial charge in [-0.2, -0.15) is 5.10 Å². The van der Waals surface area contributed by atoms with E-state index in [0.29, 0.717) is 0 Å². The van der Waals surface area contributed by atoms with Gasteiger partial charge in [-0.05, 0) is 64.1 Å². The fourth-order valence-electron chi connectivity index (χ4n) is 4.11. The Bertz CT molecular complexity index is 1480. The molecule has 1 amide bonds. The van der Waals surface area contributed by atoms with E-state index in [1.54, 1.807) is 11.3 Å². The monoisotopic (exact) mass is 497 g/mol. The second-order valence-electron chi connectivity index (χ2n) is 9.86. The van der Waals surface area contributed by atoms with Gasteiger partial charge in [0.25, 0.3) is 0 Å². The van der Waals surface area contributed by atoms with Crippen molar-refractivity contribution in [1.29, 1.82) is 0 Å². The molecule has 0 aliphatic rings. The van der Waals surface area contributed by atoms with E-state index >= 15 is 0 Å². The molecule has 3 heterocycles. The van der Waals surface area contributed by atoms with E-state index in [1.807, 2.05) is 64.9 Å². The van der Waals surface area contributed by atoms with Crippen LogP contribution in [-0.4, -0.2) is 25.2 Å². The van der Waals surface area contributed by atoms with Crippen LogP contribution in [0.15, 0.2) is 84.6 Å². The molecule has 3 aromatic heterocycles. The highest BCUT2D eigenvalue weighted by molar-refractivity contribution is 7.13. The molecule has 0 saturated carbocycles. The zero-order valence-electron chi connectivity index (χ0n) is 20.9. The summed E-state index contributed by atoms with van der Waals surface area (Å²) in [6, 6.07) is 20.2. The second-order valence-corrected chi connectivity index (χ2v) is 10.7. The molecule has 5 aromatic rings. The summed E-state index contributed by atoms with van der Waals surface area (Å²) in [5.74, 6) is -0.0929. The molecule has 5 rings (SSSR count). The highest BCUT2D eigenvalue weighted by Gasteiger charge is 2.24. The van der Waals surface area contributed by atoms with Crippen molar-refractivity contribution in [2.45, 2.75) is 39.7 Å². The number of carbonyl (C=O) groups excluding carboxylic acids is 1. The van der Waals surface area contributed by atoms with Crippen LogP contribution in [0.4, 0.5) is 5.69 Å².